The standard InChI is InChI=1S/C14H21BrN2O3S/c1-9-10(15)16-11(21-9)14(19)5-7-17(8-6-14)12(18)20-13(2,3)4/h19H,5-8H2,1-4H3. The lowest BCUT2D eigenvalue weighted by atomic mass is 9.92. The third-order valence-corrected chi connectivity index (χ3v) is 5.58. The first-order valence-electron chi connectivity index (χ1n) is 6.94. The van der Waals surface area contributed by atoms with E-state index in [1.54, 1.807) is 4.90 Å². The molecular formula is C14H21BrN2O3S. The molecular weight excluding hydrogens is 356 g/mol. The van der Waals surface area contributed by atoms with Crippen LogP contribution in [0.5, 0.6) is 0 Å². The van der Waals surface area contributed by atoms with Crippen LogP contribution in [-0.2, 0) is 10.3 Å². The Bertz CT molecular complexity index is 511. The van der Waals surface area contributed by atoms with Gasteiger partial charge in [-0.15, -0.1) is 11.3 Å². The van der Waals surface area contributed by atoms with Crippen molar-refractivity contribution in [3.05, 3.63) is 14.5 Å². The molecule has 1 aliphatic heterocycles. The summed E-state index contributed by atoms with van der Waals surface area (Å²) in [5, 5.41) is 11.5. The lowest BCUT2D eigenvalue weighted by Gasteiger charge is -2.37. The largest absolute Gasteiger partial charge is 0.444 e. The maximum Gasteiger partial charge on any atom is 0.410 e. The van der Waals surface area contributed by atoms with Gasteiger partial charge in [-0.25, -0.2) is 9.78 Å². The first-order valence-corrected chi connectivity index (χ1v) is 8.55. The van der Waals surface area contributed by atoms with Crippen molar-refractivity contribution >= 4 is 33.4 Å². The van der Waals surface area contributed by atoms with Gasteiger partial charge in [0.1, 0.15) is 20.8 Å². The highest BCUT2D eigenvalue weighted by Crippen LogP contribution is 2.37. The average molecular weight is 377 g/mol. The highest BCUT2D eigenvalue weighted by Gasteiger charge is 2.39. The fourth-order valence-electron chi connectivity index (χ4n) is 2.18. The SMILES string of the molecule is Cc1sc(C2(O)CCN(C(=O)OC(C)(C)C)CC2)nc1Br. The summed E-state index contributed by atoms with van der Waals surface area (Å²) in [5.74, 6) is 0. The third-order valence-electron chi connectivity index (χ3n) is 3.38. The van der Waals surface area contributed by atoms with Gasteiger partial charge in [-0.1, -0.05) is 0 Å². The van der Waals surface area contributed by atoms with Gasteiger partial charge in [-0.2, -0.15) is 0 Å². The molecule has 2 heterocycles. The molecule has 1 N–H and O–H groups in total. The van der Waals surface area contributed by atoms with Crippen molar-refractivity contribution in [1.82, 2.24) is 9.88 Å². The Morgan fingerprint density at radius 3 is 2.43 bits per heavy atom. The molecule has 1 fully saturated rings. The molecule has 0 radical (unpaired) electrons. The monoisotopic (exact) mass is 376 g/mol. The van der Waals surface area contributed by atoms with Gasteiger partial charge >= 0.3 is 6.09 Å². The molecule has 0 unspecified atom stereocenters. The smallest absolute Gasteiger partial charge is 0.410 e. The first kappa shape index (κ1) is 16.7. The molecule has 21 heavy (non-hydrogen) atoms. The van der Waals surface area contributed by atoms with Gasteiger partial charge in [-0.3, -0.25) is 0 Å². The minimum atomic E-state index is -0.944. The number of carbonyl (C=O) groups excluding carboxylic acids is 1. The van der Waals surface area contributed by atoms with Gasteiger partial charge < -0.3 is 14.7 Å². The number of aliphatic hydroxyl groups is 1. The molecule has 118 valence electrons. The molecule has 1 aliphatic rings. The van der Waals surface area contributed by atoms with Crippen molar-refractivity contribution in [3.8, 4) is 0 Å². The van der Waals surface area contributed by atoms with Crippen LogP contribution >= 0.6 is 27.3 Å². The molecule has 0 aromatic carbocycles. The quantitative estimate of drug-likeness (QED) is 0.815. The van der Waals surface area contributed by atoms with Crippen LogP contribution in [0.1, 0.15) is 43.5 Å². The van der Waals surface area contributed by atoms with E-state index in [0.29, 0.717) is 25.9 Å². The van der Waals surface area contributed by atoms with E-state index in [4.69, 9.17) is 4.74 Å². The van der Waals surface area contributed by atoms with Crippen LogP contribution in [0.3, 0.4) is 0 Å². The minimum absolute atomic E-state index is 0.318. The fourth-order valence-corrected chi connectivity index (χ4v) is 3.66. The molecule has 1 amide bonds. The maximum atomic E-state index is 12.0. The van der Waals surface area contributed by atoms with Gasteiger partial charge in [0.05, 0.1) is 0 Å². The summed E-state index contributed by atoms with van der Waals surface area (Å²) in [7, 11) is 0. The van der Waals surface area contributed by atoms with Crippen molar-refractivity contribution < 1.29 is 14.6 Å². The maximum absolute atomic E-state index is 12.0. The second-order valence-corrected chi connectivity index (χ2v) is 8.32. The van der Waals surface area contributed by atoms with E-state index < -0.39 is 11.2 Å². The van der Waals surface area contributed by atoms with Gasteiger partial charge in [0.15, 0.2) is 0 Å². The topological polar surface area (TPSA) is 62.7 Å². The fraction of sp³-hybridized carbons (Fsp3) is 0.714. The van der Waals surface area contributed by atoms with E-state index >= 15 is 0 Å². The molecule has 0 atom stereocenters. The minimum Gasteiger partial charge on any atom is -0.444 e. The molecule has 5 nitrogen and oxygen atoms in total. The van der Waals surface area contributed by atoms with Crippen molar-refractivity contribution in [2.75, 3.05) is 13.1 Å². The van der Waals surface area contributed by atoms with Crippen molar-refractivity contribution in [3.63, 3.8) is 0 Å². The van der Waals surface area contributed by atoms with Crippen LogP contribution in [0.2, 0.25) is 0 Å². The lowest BCUT2D eigenvalue weighted by molar-refractivity contribution is -0.0357. The van der Waals surface area contributed by atoms with Crippen molar-refractivity contribution in [2.24, 2.45) is 0 Å². The molecule has 2 rings (SSSR count). The number of hydrogen-bond donors (Lipinski definition) is 1. The molecule has 1 aromatic rings. The van der Waals surface area contributed by atoms with E-state index in [-0.39, 0.29) is 6.09 Å². The molecule has 0 bridgehead atoms. The van der Waals surface area contributed by atoms with Gasteiger partial charge in [0, 0.05) is 30.8 Å². The number of hydrogen-bond acceptors (Lipinski definition) is 5. The van der Waals surface area contributed by atoms with E-state index in [2.05, 4.69) is 20.9 Å². The summed E-state index contributed by atoms with van der Waals surface area (Å²) in [5.41, 5.74) is -1.44. The van der Waals surface area contributed by atoms with Crippen molar-refractivity contribution in [2.45, 2.75) is 51.7 Å². The predicted octanol–water partition coefficient (Wildman–Crippen LogP) is 3.43. The van der Waals surface area contributed by atoms with Crippen LogP contribution in [0.4, 0.5) is 4.79 Å². The van der Waals surface area contributed by atoms with Crippen LogP contribution in [0.25, 0.3) is 0 Å². The van der Waals surface area contributed by atoms with Crippen molar-refractivity contribution in [1.29, 1.82) is 0 Å². The number of amides is 1. The number of nitrogens with zero attached hydrogens (tertiary/aromatic N) is 2. The highest BCUT2D eigenvalue weighted by molar-refractivity contribution is 9.10. The Morgan fingerprint density at radius 2 is 2.00 bits per heavy atom. The summed E-state index contributed by atoms with van der Waals surface area (Å²) in [6.45, 7) is 8.46. The summed E-state index contributed by atoms with van der Waals surface area (Å²) >= 11 is 4.88. The number of halogens is 1. The van der Waals surface area contributed by atoms with Gasteiger partial charge in [0.25, 0.3) is 0 Å². The zero-order valence-corrected chi connectivity index (χ0v) is 15.2. The number of ether oxygens (including phenoxy) is 1. The number of rotatable bonds is 1. The zero-order chi connectivity index (χ0) is 15.8. The molecule has 1 aromatic heterocycles. The normalized spacial score (nSPS) is 18.7. The predicted molar refractivity (Wildman–Crippen MR) is 85.5 cm³/mol. The summed E-state index contributed by atoms with van der Waals surface area (Å²) in [6, 6.07) is 0. The number of likely N-dealkylation sites (tertiary alicyclic amines) is 1. The van der Waals surface area contributed by atoms with Gasteiger partial charge in [0.2, 0.25) is 0 Å². The molecule has 0 spiro atoms. The molecule has 0 saturated carbocycles. The summed E-state index contributed by atoms with van der Waals surface area (Å²) in [4.78, 5) is 19.1. The van der Waals surface area contributed by atoms with Crippen LogP contribution in [0.15, 0.2) is 4.60 Å². The number of aromatic nitrogens is 1. The summed E-state index contributed by atoms with van der Waals surface area (Å²) in [6.07, 6.45) is 0.637. The van der Waals surface area contributed by atoms with Crippen LogP contribution in [0, 0.1) is 6.92 Å². The Morgan fingerprint density at radius 1 is 1.43 bits per heavy atom. The second kappa shape index (κ2) is 5.85. The van der Waals surface area contributed by atoms with E-state index in [9.17, 15) is 9.90 Å². The molecule has 1 saturated heterocycles. The Labute approximate surface area is 137 Å². The van der Waals surface area contributed by atoms with E-state index in [1.807, 2.05) is 27.7 Å². The number of aryl methyl sites for hydroxylation is 1. The highest BCUT2D eigenvalue weighted by atomic mass is 79.9. The lowest BCUT2D eigenvalue weighted by Crippen LogP contribution is -2.46. The van der Waals surface area contributed by atoms with E-state index in [0.717, 1.165) is 14.5 Å². The number of piperidine rings is 1. The summed E-state index contributed by atoms with van der Waals surface area (Å²) < 4.78 is 6.14. The van der Waals surface area contributed by atoms with Crippen LogP contribution in [-0.4, -0.2) is 39.8 Å². The third kappa shape index (κ3) is 3.96. The Kier molecular flexibility index (Phi) is 4.66. The zero-order valence-electron chi connectivity index (χ0n) is 12.8. The molecule has 7 heteroatoms. The number of thiazole rings is 1. The van der Waals surface area contributed by atoms with E-state index in [1.165, 1.54) is 11.3 Å². The van der Waals surface area contributed by atoms with Crippen LogP contribution < -0.4 is 0 Å². The Balaban J connectivity index is 2.01. The number of carbonyl (C=O) groups is 1. The van der Waals surface area contributed by atoms with Gasteiger partial charge in [-0.05, 0) is 43.6 Å². The Hall–Kier alpha value is -0.660. The first-order chi connectivity index (χ1) is 9.61. The average Bonchev–Trinajstić information content (AvgIpc) is 2.69. The second-order valence-electron chi connectivity index (χ2n) is 6.36. The molecule has 0 aliphatic carbocycles.